The SMILES string of the molecule is Cc1ccnc(N2CCC(OC(=O)C(F)(F)F)CC2)c1. The van der Waals surface area contributed by atoms with E-state index in [0.29, 0.717) is 25.9 Å². The Morgan fingerprint density at radius 3 is 2.60 bits per heavy atom. The van der Waals surface area contributed by atoms with E-state index < -0.39 is 18.2 Å². The first-order chi connectivity index (χ1) is 9.36. The minimum absolute atomic E-state index is 0.372. The molecule has 0 amide bonds. The van der Waals surface area contributed by atoms with Gasteiger partial charge in [0.15, 0.2) is 0 Å². The number of esters is 1. The van der Waals surface area contributed by atoms with E-state index >= 15 is 0 Å². The molecule has 7 heteroatoms. The maximum absolute atomic E-state index is 12.1. The van der Waals surface area contributed by atoms with Crippen LogP contribution in [0, 0.1) is 6.92 Å². The standard InChI is InChI=1S/C13H15F3N2O2/c1-9-2-5-17-11(8-9)18-6-3-10(4-7-18)20-12(19)13(14,15)16/h2,5,8,10H,3-4,6-7H2,1H3. The number of halogens is 3. The largest absolute Gasteiger partial charge is 0.490 e. The number of pyridine rings is 1. The minimum atomic E-state index is -4.92. The van der Waals surface area contributed by atoms with Gasteiger partial charge in [-0.2, -0.15) is 13.2 Å². The molecule has 4 nitrogen and oxygen atoms in total. The quantitative estimate of drug-likeness (QED) is 0.784. The fourth-order valence-electron chi connectivity index (χ4n) is 2.11. The molecule has 0 saturated carbocycles. The van der Waals surface area contributed by atoms with Crippen LogP contribution in [0.3, 0.4) is 0 Å². The van der Waals surface area contributed by atoms with Crippen molar-refractivity contribution in [3.8, 4) is 0 Å². The smallest absolute Gasteiger partial charge is 0.456 e. The van der Waals surface area contributed by atoms with E-state index in [1.54, 1.807) is 6.20 Å². The maximum Gasteiger partial charge on any atom is 0.490 e. The number of hydrogen-bond acceptors (Lipinski definition) is 4. The first-order valence-electron chi connectivity index (χ1n) is 6.31. The van der Waals surface area contributed by atoms with Gasteiger partial charge in [0, 0.05) is 32.1 Å². The second-order valence-electron chi connectivity index (χ2n) is 4.78. The van der Waals surface area contributed by atoms with Crippen LogP contribution >= 0.6 is 0 Å². The van der Waals surface area contributed by atoms with Gasteiger partial charge in [-0.1, -0.05) is 0 Å². The van der Waals surface area contributed by atoms with Gasteiger partial charge < -0.3 is 9.64 Å². The van der Waals surface area contributed by atoms with E-state index in [-0.39, 0.29) is 0 Å². The molecule has 110 valence electrons. The van der Waals surface area contributed by atoms with Crippen LogP contribution in [-0.2, 0) is 9.53 Å². The Labute approximate surface area is 114 Å². The van der Waals surface area contributed by atoms with E-state index in [0.717, 1.165) is 11.4 Å². The van der Waals surface area contributed by atoms with Crippen molar-refractivity contribution >= 4 is 11.8 Å². The molecule has 0 unspecified atom stereocenters. The van der Waals surface area contributed by atoms with Crippen molar-refractivity contribution < 1.29 is 22.7 Å². The Balaban J connectivity index is 1.88. The number of alkyl halides is 3. The maximum atomic E-state index is 12.1. The lowest BCUT2D eigenvalue weighted by Crippen LogP contribution is -2.40. The fraction of sp³-hybridized carbons (Fsp3) is 0.538. The zero-order valence-electron chi connectivity index (χ0n) is 11.0. The van der Waals surface area contributed by atoms with Gasteiger partial charge >= 0.3 is 12.1 Å². The molecular weight excluding hydrogens is 273 g/mol. The highest BCUT2D eigenvalue weighted by molar-refractivity contribution is 5.75. The molecule has 2 heterocycles. The van der Waals surface area contributed by atoms with Gasteiger partial charge in [0.05, 0.1) is 0 Å². The molecule has 0 aliphatic carbocycles. The number of carbonyl (C=O) groups is 1. The molecule has 0 aromatic carbocycles. The summed E-state index contributed by atoms with van der Waals surface area (Å²) in [5.41, 5.74) is 1.07. The van der Waals surface area contributed by atoms with Crippen molar-refractivity contribution in [3.63, 3.8) is 0 Å². The van der Waals surface area contributed by atoms with Crippen LogP contribution in [0.15, 0.2) is 18.3 Å². The predicted octanol–water partition coefficient (Wildman–Crippen LogP) is 2.46. The molecule has 0 N–H and O–H groups in total. The molecule has 1 aromatic rings. The monoisotopic (exact) mass is 288 g/mol. The molecule has 1 saturated heterocycles. The highest BCUT2D eigenvalue weighted by Crippen LogP contribution is 2.23. The average Bonchev–Trinajstić information content (AvgIpc) is 2.38. The van der Waals surface area contributed by atoms with Crippen LogP contribution < -0.4 is 4.90 Å². The Morgan fingerprint density at radius 2 is 2.05 bits per heavy atom. The fourth-order valence-corrected chi connectivity index (χ4v) is 2.11. The number of piperidine rings is 1. The highest BCUT2D eigenvalue weighted by atomic mass is 19.4. The number of nitrogens with zero attached hydrogens (tertiary/aromatic N) is 2. The number of carbonyl (C=O) groups excluding carboxylic acids is 1. The zero-order valence-corrected chi connectivity index (χ0v) is 11.0. The zero-order chi connectivity index (χ0) is 14.8. The van der Waals surface area contributed by atoms with E-state index in [9.17, 15) is 18.0 Å². The van der Waals surface area contributed by atoms with Crippen LogP contribution in [0.2, 0.25) is 0 Å². The highest BCUT2D eigenvalue weighted by Gasteiger charge is 2.42. The number of aryl methyl sites for hydroxylation is 1. The normalized spacial score (nSPS) is 17.1. The first kappa shape index (κ1) is 14.6. The third kappa shape index (κ3) is 3.61. The van der Waals surface area contributed by atoms with Crippen molar-refractivity contribution in [1.82, 2.24) is 4.98 Å². The molecule has 1 aliphatic heterocycles. The summed E-state index contributed by atoms with van der Waals surface area (Å²) in [6.07, 6.45) is -3.16. The Kier molecular flexibility index (Phi) is 4.15. The summed E-state index contributed by atoms with van der Waals surface area (Å²) in [6, 6.07) is 3.80. The molecule has 20 heavy (non-hydrogen) atoms. The molecular formula is C13H15F3N2O2. The van der Waals surface area contributed by atoms with Crippen molar-refractivity contribution in [3.05, 3.63) is 23.9 Å². The topological polar surface area (TPSA) is 42.4 Å². The third-order valence-corrected chi connectivity index (χ3v) is 3.17. The van der Waals surface area contributed by atoms with Gasteiger partial charge in [-0.05, 0) is 24.6 Å². The van der Waals surface area contributed by atoms with Gasteiger partial charge in [-0.25, -0.2) is 9.78 Å². The first-order valence-corrected chi connectivity index (χ1v) is 6.31. The third-order valence-electron chi connectivity index (χ3n) is 3.17. The second kappa shape index (κ2) is 5.68. The molecule has 0 atom stereocenters. The van der Waals surface area contributed by atoms with Gasteiger partial charge in [-0.15, -0.1) is 0 Å². The number of hydrogen-bond donors (Lipinski definition) is 0. The summed E-state index contributed by atoms with van der Waals surface area (Å²) in [5, 5.41) is 0. The molecule has 0 spiro atoms. The van der Waals surface area contributed by atoms with Crippen LogP contribution in [0.1, 0.15) is 18.4 Å². The van der Waals surface area contributed by atoms with Crippen LogP contribution in [0.5, 0.6) is 0 Å². The van der Waals surface area contributed by atoms with Gasteiger partial charge in [0.1, 0.15) is 11.9 Å². The van der Waals surface area contributed by atoms with Gasteiger partial charge in [0.25, 0.3) is 0 Å². The number of aromatic nitrogens is 1. The van der Waals surface area contributed by atoms with Crippen LogP contribution in [0.4, 0.5) is 19.0 Å². The summed E-state index contributed by atoms with van der Waals surface area (Å²) in [6.45, 7) is 2.99. The lowest BCUT2D eigenvalue weighted by atomic mass is 10.1. The lowest BCUT2D eigenvalue weighted by molar-refractivity contribution is -0.205. The van der Waals surface area contributed by atoms with E-state index in [1.807, 2.05) is 24.0 Å². The average molecular weight is 288 g/mol. The van der Waals surface area contributed by atoms with Crippen molar-refractivity contribution in [2.45, 2.75) is 32.0 Å². The summed E-state index contributed by atoms with van der Waals surface area (Å²) >= 11 is 0. The van der Waals surface area contributed by atoms with Crippen molar-refractivity contribution in [2.24, 2.45) is 0 Å². The second-order valence-corrected chi connectivity index (χ2v) is 4.78. The Hall–Kier alpha value is -1.79. The summed E-state index contributed by atoms with van der Waals surface area (Å²) in [5.74, 6) is -1.31. The number of anilines is 1. The minimum Gasteiger partial charge on any atom is -0.456 e. The summed E-state index contributed by atoms with van der Waals surface area (Å²) in [4.78, 5) is 17.0. The van der Waals surface area contributed by atoms with Crippen molar-refractivity contribution in [1.29, 1.82) is 0 Å². The molecule has 1 fully saturated rings. The Morgan fingerprint density at radius 1 is 1.40 bits per heavy atom. The molecule has 0 bridgehead atoms. The van der Waals surface area contributed by atoms with E-state index in [4.69, 9.17) is 0 Å². The molecule has 2 rings (SSSR count). The number of ether oxygens (including phenoxy) is 1. The Bertz CT molecular complexity index is 483. The van der Waals surface area contributed by atoms with Crippen LogP contribution in [0.25, 0.3) is 0 Å². The van der Waals surface area contributed by atoms with Gasteiger partial charge in [0.2, 0.25) is 0 Å². The van der Waals surface area contributed by atoms with Gasteiger partial charge in [-0.3, -0.25) is 0 Å². The molecule has 0 radical (unpaired) electrons. The summed E-state index contributed by atoms with van der Waals surface area (Å²) < 4.78 is 40.7. The summed E-state index contributed by atoms with van der Waals surface area (Å²) in [7, 11) is 0. The van der Waals surface area contributed by atoms with E-state index in [2.05, 4.69) is 9.72 Å². The van der Waals surface area contributed by atoms with E-state index in [1.165, 1.54) is 0 Å². The molecule has 1 aromatic heterocycles. The molecule has 1 aliphatic rings. The predicted molar refractivity (Wildman–Crippen MR) is 66.4 cm³/mol. The number of rotatable bonds is 2. The van der Waals surface area contributed by atoms with Crippen LogP contribution in [-0.4, -0.2) is 36.3 Å². The lowest BCUT2D eigenvalue weighted by Gasteiger charge is -2.32. The van der Waals surface area contributed by atoms with Crippen molar-refractivity contribution in [2.75, 3.05) is 18.0 Å².